The van der Waals surface area contributed by atoms with Gasteiger partial charge in [0, 0.05) is 6.54 Å². The molecule has 1 aromatic heterocycles. The molecule has 0 aliphatic carbocycles. The summed E-state index contributed by atoms with van der Waals surface area (Å²) in [6.07, 6.45) is 0.430. The van der Waals surface area contributed by atoms with E-state index in [1.54, 1.807) is 31.2 Å². The molecule has 0 spiro atoms. The predicted octanol–water partition coefficient (Wildman–Crippen LogP) is 3.01. The lowest BCUT2D eigenvalue weighted by Gasteiger charge is -2.23. The van der Waals surface area contributed by atoms with Crippen LogP contribution in [0.3, 0.4) is 0 Å². The Labute approximate surface area is 163 Å². The van der Waals surface area contributed by atoms with Gasteiger partial charge in [0.05, 0.1) is 16.9 Å². The Morgan fingerprint density at radius 2 is 1.64 bits per heavy atom. The average Bonchev–Trinajstić information content (AvgIpc) is 2.72. The number of para-hydroxylation sites is 1. The van der Waals surface area contributed by atoms with Gasteiger partial charge in [-0.05, 0) is 38.0 Å². The van der Waals surface area contributed by atoms with Crippen LogP contribution in [-0.2, 0) is 11.3 Å². The first-order valence-electron chi connectivity index (χ1n) is 9.59. The van der Waals surface area contributed by atoms with Gasteiger partial charge >= 0.3 is 5.69 Å². The molecule has 0 bridgehead atoms. The van der Waals surface area contributed by atoms with Crippen LogP contribution in [0.5, 0.6) is 0 Å². The minimum atomic E-state index is -0.707. The highest BCUT2D eigenvalue weighted by atomic mass is 16.2. The molecule has 3 aromatic rings. The summed E-state index contributed by atoms with van der Waals surface area (Å²) in [4.78, 5) is 38.7. The fraction of sp³-hybridized carbons (Fsp3) is 0.318. The molecule has 0 unspecified atom stereocenters. The molecule has 6 nitrogen and oxygen atoms in total. The van der Waals surface area contributed by atoms with E-state index >= 15 is 0 Å². The summed E-state index contributed by atoms with van der Waals surface area (Å²) in [6, 6.07) is 15.7. The number of rotatable bonds is 6. The van der Waals surface area contributed by atoms with Gasteiger partial charge in [-0.3, -0.25) is 18.7 Å². The van der Waals surface area contributed by atoms with E-state index in [2.05, 4.69) is 5.32 Å². The molecular formula is C22H25N3O3. The smallest absolute Gasteiger partial charge is 0.332 e. The molecule has 2 aromatic carbocycles. The maximum atomic E-state index is 13.1. The number of amides is 1. The van der Waals surface area contributed by atoms with Gasteiger partial charge in [-0.25, -0.2) is 4.79 Å². The Morgan fingerprint density at radius 3 is 2.29 bits per heavy atom. The van der Waals surface area contributed by atoms with Crippen LogP contribution in [0.25, 0.3) is 10.9 Å². The summed E-state index contributed by atoms with van der Waals surface area (Å²) in [6.45, 7) is 5.77. The number of benzene rings is 2. The molecule has 0 aliphatic rings. The Balaban J connectivity index is 2.07. The van der Waals surface area contributed by atoms with Crippen LogP contribution in [0.4, 0.5) is 0 Å². The number of carbonyl (C=O) groups excluding carboxylic acids is 1. The van der Waals surface area contributed by atoms with E-state index in [0.717, 1.165) is 5.56 Å². The van der Waals surface area contributed by atoms with Crippen LogP contribution in [0.15, 0.2) is 64.2 Å². The summed E-state index contributed by atoms with van der Waals surface area (Å²) in [5, 5.41) is 3.44. The van der Waals surface area contributed by atoms with Crippen molar-refractivity contribution >= 4 is 16.8 Å². The molecule has 146 valence electrons. The number of hydrogen-bond acceptors (Lipinski definition) is 3. The number of hydrogen-bond donors (Lipinski definition) is 1. The van der Waals surface area contributed by atoms with Gasteiger partial charge in [-0.2, -0.15) is 0 Å². The second kappa shape index (κ2) is 8.25. The lowest BCUT2D eigenvalue weighted by molar-refractivity contribution is -0.125. The summed E-state index contributed by atoms with van der Waals surface area (Å²) < 4.78 is 2.63. The van der Waals surface area contributed by atoms with Gasteiger partial charge < -0.3 is 5.32 Å². The summed E-state index contributed by atoms with van der Waals surface area (Å²) in [5.74, 6) is -0.243. The molecule has 0 fully saturated rings. The lowest BCUT2D eigenvalue weighted by atomic mass is 10.1. The quantitative estimate of drug-likeness (QED) is 0.715. The standard InChI is InChI=1S/C22H25N3O3/c1-4-18(20(26)23-15(3)16-11-7-6-8-12-16)25-19-14-10-9-13-17(19)21(27)24(5-2)22(25)28/h6-15,18H,4-5H2,1-3H3,(H,23,26)/t15-,18-/m0/s1. The molecule has 6 heteroatoms. The van der Waals surface area contributed by atoms with Crippen molar-refractivity contribution in [1.29, 1.82) is 0 Å². The maximum Gasteiger partial charge on any atom is 0.332 e. The minimum absolute atomic E-state index is 0.193. The van der Waals surface area contributed by atoms with Crippen LogP contribution in [0, 0.1) is 0 Å². The molecular weight excluding hydrogens is 354 g/mol. The molecule has 2 atom stereocenters. The topological polar surface area (TPSA) is 73.1 Å². The van der Waals surface area contributed by atoms with E-state index in [-0.39, 0.29) is 24.1 Å². The molecule has 3 rings (SSSR count). The molecule has 0 saturated carbocycles. The Kier molecular flexibility index (Phi) is 5.78. The molecule has 1 N–H and O–H groups in total. The highest BCUT2D eigenvalue weighted by molar-refractivity contribution is 5.84. The summed E-state index contributed by atoms with van der Waals surface area (Å²) in [7, 11) is 0. The maximum absolute atomic E-state index is 13.1. The molecule has 1 heterocycles. The third-order valence-corrected chi connectivity index (χ3v) is 5.05. The van der Waals surface area contributed by atoms with Gasteiger partial charge in [0.25, 0.3) is 5.56 Å². The van der Waals surface area contributed by atoms with Gasteiger partial charge in [-0.15, -0.1) is 0 Å². The van der Waals surface area contributed by atoms with Crippen molar-refractivity contribution in [3.63, 3.8) is 0 Å². The SMILES string of the molecule is CC[C@@H](C(=O)N[C@@H](C)c1ccccc1)n1c(=O)n(CC)c(=O)c2ccccc21. The number of nitrogens with zero attached hydrogens (tertiary/aromatic N) is 2. The summed E-state index contributed by atoms with van der Waals surface area (Å²) in [5.41, 5.74) is 0.686. The van der Waals surface area contributed by atoms with E-state index in [9.17, 15) is 14.4 Å². The van der Waals surface area contributed by atoms with Crippen molar-refractivity contribution in [2.75, 3.05) is 0 Å². The third-order valence-electron chi connectivity index (χ3n) is 5.05. The predicted molar refractivity (Wildman–Crippen MR) is 110 cm³/mol. The van der Waals surface area contributed by atoms with E-state index in [1.807, 2.05) is 44.2 Å². The number of carbonyl (C=O) groups is 1. The Bertz CT molecular complexity index is 1100. The number of aromatic nitrogens is 2. The van der Waals surface area contributed by atoms with Crippen molar-refractivity contribution < 1.29 is 4.79 Å². The highest BCUT2D eigenvalue weighted by Gasteiger charge is 2.25. The van der Waals surface area contributed by atoms with Gasteiger partial charge in [0.1, 0.15) is 6.04 Å². The third kappa shape index (κ3) is 3.50. The van der Waals surface area contributed by atoms with Crippen LogP contribution < -0.4 is 16.6 Å². The first-order chi connectivity index (χ1) is 13.5. The average molecular weight is 379 g/mol. The largest absolute Gasteiger partial charge is 0.348 e. The van der Waals surface area contributed by atoms with Crippen LogP contribution in [-0.4, -0.2) is 15.0 Å². The van der Waals surface area contributed by atoms with Gasteiger partial charge in [0.15, 0.2) is 0 Å². The zero-order chi connectivity index (χ0) is 20.3. The van der Waals surface area contributed by atoms with Crippen LogP contribution in [0.2, 0.25) is 0 Å². The first kappa shape index (κ1) is 19.6. The fourth-order valence-corrected chi connectivity index (χ4v) is 3.53. The second-order valence-corrected chi connectivity index (χ2v) is 6.78. The molecule has 0 aliphatic heterocycles. The van der Waals surface area contributed by atoms with E-state index in [1.165, 1.54) is 9.13 Å². The van der Waals surface area contributed by atoms with Crippen molar-refractivity contribution in [3.8, 4) is 0 Å². The highest BCUT2D eigenvalue weighted by Crippen LogP contribution is 2.19. The van der Waals surface area contributed by atoms with E-state index < -0.39 is 11.7 Å². The Hall–Kier alpha value is -3.15. The minimum Gasteiger partial charge on any atom is -0.348 e. The first-order valence-corrected chi connectivity index (χ1v) is 9.59. The number of nitrogens with one attached hydrogen (secondary N) is 1. The van der Waals surface area contributed by atoms with Crippen molar-refractivity contribution in [2.24, 2.45) is 0 Å². The van der Waals surface area contributed by atoms with Gasteiger partial charge in [-0.1, -0.05) is 49.4 Å². The molecule has 1 amide bonds. The molecule has 28 heavy (non-hydrogen) atoms. The van der Waals surface area contributed by atoms with Crippen LogP contribution in [0.1, 0.15) is 44.8 Å². The summed E-state index contributed by atoms with van der Waals surface area (Å²) >= 11 is 0. The van der Waals surface area contributed by atoms with Crippen molar-refractivity contribution in [3.05, 3.63) is 81.0 Å². The van der Waals surface area contributed by atoms with Crippen molar-refractivity contribution in [2.45, 2.75) is 45.8 Å². The van der Waals surface area contributed by atoms with Gasteiger partial charge in [0.2, 0.25) is 5.91 Å². The number of fused-ring (bicyclic) bond motifs is 1. The van der Waals surface area contributed by atoms with Crippen LogP contribution >= 0.6 is 0 Å². The normalized spacial score (nSPS) is 13.2. The monoisotopic (exact) mass is 379 g/mol. The molecule has 0 saturated heterocycles. The zero-order valence-electron chi connectivity index (χ0n) is 16.4. The molecule has 0 radical (unpaired) electrons. The fourth-order valence-electron chi connectivity index (χ4n) is 3.53. The lowest BCUT2D eigenvalue weighted by Crippen LogP contribution is -2.45. The van der Waals surface area contributed by atoms with E-state index in [0.29, 0.717) is 17.3 Å². The zero-order valence-corrected chi connectivity index (χ0v) is 16.4. The second-order valence-electron chi connectivity index (χ2n) is 6.78. The van der Waals surface area contributed by atoms with E-state index in [4.69, 9.17) is 0 Å². The Morgan fingerprint density at radius 1 is 1.00 bits per heavy atom. The van der Waals surface area contributed by atoms with Crippen molar-refractivity contribution in [1.82, 2.24) is 14.5 Å².